The van der Waals surface area contributed by atoms with E-state index in [0.29, 0.717) is 32.4 Å². The first-order valence-electron chi connectivity index (χ1n) is 9.07. The molecule has 1 fully saturated rings. The standard InChI is InChI=1S/C19H25F3N2O4/c1-18(2,3)28-17(26)24-10-5-7-14(9-11-24)23-16(25)13-6-4-8-15(12-13)27-19(20,21)22/h4,6,8,12,14H,5,7,9-11H2,1-3H3,(H,23,25). The van der Waals surface area contributed by atoms with Gasteiger partial charge in [0.1, 0.15) is 11.4 Å². The molecule has 2 amide bonds. The number of halogens is 3. The van der Waals surface area contributed by atoms with Crippen LogP contribution in [-0.4, -0.2) is 48.0 Å². The predicted molar refractivity (Wildman–Crippen MR) is 96.0 cm³/mol. The topological polar surface area (TPSA) is 67.9 Å². The monoisotopic (exact) mass is 402 g/mol. The van der Waals surface area contributed by atoms with Gasteiger partial charge in [0.2, 0.25) is 0 Å². The summed E-state index contributed by atoms with van der Waals surface area (Å²) in [6, 6.07) is 4.74. The molecular weight excluding hydrogens is 377 g/mol. The SMILES string of the molecule is CC(C)(C)OC(=O)N1CCCC(NC(=O)c2cccc(OC(F)(F)F)c2)CC1. The van der Waals surface area contributed by atoms with Gasteiger partial charge in [-0.15, -0.1) is 13.2 Å². The van der Waals surface area contributed by atoms with E-state index >= 15 is 0 Å². The van der Waals surface area contributed by atoms with E-state index in [2.05, 4.69) is 10.1 Å². The number of rotatable bonds is 3. The third-order valence-electron chi connectivity index (χ3n) is 4.04. The van der Waals surface area contributed by atoms with E-state index in [0.717, 1.165) is 12.1 Å². The van der Waals surface area contributed by atoms with Crippen molar-refractivity contribution in [2.45, 2.75) is 58.0 Å². The molecule has 2 rings (SSSR count). The lowest BCUT2D eigenvalue weighted by atomic mass is 10.1. The number of nitrogens with one attached hydrogen (secondary N) is 1. The lowest BCUT2D eigenvalue weighted by molar-refractivity contribution is -0.274. The molecule has 0 aliphatic carbocycles. The molecule has 0 bridgehead atoms. The van der Waals surface area contributed by atoms with Crippen LogP contribution in [-0.2, 0) is 4.74 Å². The van der Waals surface area contributed by atoms with E-state index in [-0.39, 0.29) is 11.6 Å². The third-order valence-corrected chi connectivity index (χ3v) is 4.04. The Balaban J connectivity index is 1.93. The summed E-state index contributed by atoms with van der Waals surface area (Å²) in [5.41, 5.74) is -0.504. The molecule has 1 aromatic rings. The van der Waals surface area contributed by atoms with E-state index in [1.807, 2.05) is 0 Å². The minimum absolute atomic E-state index is 0.0787. The van der Waals surface area contributed by atoms with Crippen molar-refractivity contribution in [3.05, 3.63) is 29.8 Å². The normalized spacial score (nSPS) is 18.2. The largest absolute Gasteiger partial charge is 0.573 e. The highest BCUT2D eigenvalue weighted by Crippen LogP contribution is 2.23. The highest BCUT2D eigenvalue weighted by atomic mass is 19.4. The maximum atomic E-state index is 12.4. The summed E-state index contributed by atoms with van der Waals surface area (Å²) in [5, 5.41) is 2.82. The second-order valence-electron chi connectivity index (χ2n) is 7.64. The Labute approximate surface area is 162 Å². The van der Waals surface area contributed by atoms with Crippen molar-refractivity contribution < 1.29 is 32.2 Å². The minimum atomic E-state index is -4.82. The average Bonchev–Trinajstić information content (AvgIpc) is 2.77. The molecule has 1 unspecified atom stereocenters. The molecule has 28 heavy (non-hydrogen) atoms. The van der Waals surface area contributed by atoms with Crippen molar-refractivity contribution in [1.29, 1.82) is 0 Å². The molecule has 1 aliphatic heterocycles. The zero-order valence-electron chi connectivity index (χ0n) is 16.1. The van der Waals surface area contributed by atoms with Gasteiger partial charge in [-0.1, -0.05) is 6.07 Å². The lowest BCUT2D eigenvalue weighted by Gasteiger charge is -2.26. The number of hydrogen-bond donors (Lipinski definition) is 1. The number of nitrogens with zero attached hydrogens (tertiary/aromatic N) is 1. The second-order valence-corrected chi connectivity index (χ2v) is 7.64. The Kier molecular flexibility index (Phi) is 6.79. The van der Waals surface area contributed by atoms with Crippen molar-refractivity contribution in [3.8, 4) is 5.75 Å². The predicted octanol–water partition coefficient (Wildman–Crippen LogP) is 4.10. The van der Waals surface area contributed by atoms with Gasteiger partial charge < -0.3 is 19.7 Å². The molecule has 1 N–H and O–H groups in total. The molecule has 156 valence electrons. The Bertz CT molecular complexity index is 701. The van der Waals surface area contributed by atoms with Crippen LogP contribution in [0.5, 0.6) is 5.75 Å². The van der Waals surface area contributed by atoms with E-state index in [4.69, 9.17) is 4.74 Å². The van der Waals surface area contributed by atoms with Crippen molar-refractivity contribution in [1.82, 2.24) is 10.2 Å². The van der Waals surface area contributed by atoms with Gasteiger partial charge >= 0.3 is 12.5 Å². The average molecular weight is 402 g/mol. The van der Waals surface area contributed by atoms with Crippen molar-refractivity contribution in [2.24, 2.45) is 0 Å². The van der Waals surface area contributed by atoms with Crippen LogP contribution in [0.15, 0.2) is 24.3 Å². The number of hydrogen-bond acceptors (Lipinski definition) is 4. The first-order valence-corrected chi connectivity index (χ1v) is 9.07. The third kappa shape index (κ3) is 7.28. The molecule has 0 spiro atoms. The van der Waals surface area contributed by atoms with Crippen LogP contribution in [0.2, 0.25) is 0 Å². The summed E-state index contributed by atoms with van der Waals surface area (Å²) in [6.07, 6.45) is -3.34. The molecule has 0 radical (unpaired) electrons. The van der Waals surface area contributed by atoms with E-state index < -0.39 is 29.7 Å². The van der Waals surface area contributed by atoms with Gasteiger partial charge in [-0.05, 0) is 58.2 Å². The fraction of sp³-hybridized carbons (Fsp3) is 0.579. The maximum absolute atomic E-state index is 12.4. The molecule has 1 aromatic carbocycles. The Morgan fingerprint density at radius 3 is 2.50 bits per heavy atom. The van der Waals surface area contributed by atoms with Crippen molar-refractivity contribution in [2.75, 3.05) is 13.1 Å². The summed E-state index contributed by atoms with van der Waals surface area (Å²) in [6.45, 7) is 6.33. The van der Waals surface area contributed by atoms with Crippen LogP contribution in [0.1, 0.15) is 50.4 Å². The van der Waals surface area contributed by atoms with Crippen LogP contribution in [0, 0.1) is 0 Å². The first kappa shape index (κ1) is 21.8. The highest BCUT2D eigenvalue weighted by Gasteiger charge is 2.31. The number of ether oxygens (including phenoxy) is 2. The molecule has 0 saturated carbocycles. The minimum Gasteiger partial charge on any atom is -0.444 e. The number of benzene rings is 1. The van der Waals surface area contributed by atoms with E-state index in [1.54, 1.807) is 25.7 Å². The smallest absolute Gasteiger partial charge is 0.444 e. The summed E-state index contributed by atoms with van der Waals surface area (Å²) in [5.74, 6) is -0.930. The van der Waals surface area contributed by atoms with Gasteiger partial charge in [-0.2, -0.15) is 0 Å². The first-order chi connectivity index (χ1) is 12.9. The fourth-order valence-electron chi connectivity index (χ4n) is 2.85. The quantitative estimate of drug-likeness (QED) is 0.827. The Morgan fingerprint density at radius 1 is 1.14 bits per heavy atom. The van der Waals surface area contributed by atoms with Gasteiger partial charge in [-0.25, -0.2) is 4.79 Å². The zero-order chi connectivity index (χ0) is 20.9. The van der Waals surface area contributed by atoms with Gasteiger partial charge in [-0.3, -0.25) is 4.79 Å². The molecule has 1 heterocycles. The molecule has 1 atom stereocenters. The van der Waals surface area contributed by atoms with Crippen LogP contribution in [0.4, 0.5) is 18.0 Å². The molecule has 0 aromatic heterocycles. The van der Waals surface area contributed by atoms with Crippen LogP contribution in [0.3, 0.4) is 0 Å². The molecular formula is C19H25F3N2O4. The number of likely N-dealkylation sites (tertiary alicyclic amines) is 1. The summed E-state index contributed by atoms with van der Waals surface area (Å²) in [4.78, 5) is 26.2. The zero-order valence-corrected chi connectivity index (χ0v) is 16.1. The van der Waals surface area contributed by atoms with Crippen LogP contribution >= 0.6 is 0 Å². The van der Waals surface area contributed by atoms with Crippen molar-refractivity contribution in [3.63, 3.8) is 0 Å². The van der Waals surface area contributed by atoms with Gasteiger partial charge in [0.15, 0.2) is 0 Å². The number of carbonyl (C=O) groups is 2. The molecule has 6 nitrogen and oxygen atoms in total. The van der Waals surface area contributed by atoms with Crippen LogP contribution in [0.25, 0.3) is 0 Å². The number of carbonyl (C=O) groups excluding carboxylic acids is 2. The van der Waals surface area contributed by atoms with Gasteiger partial charge in [0.05, 0.1) is 0 Å². The van der Waals surface area contributed by atoms with Crippen LogP contribution < -0.4 is 10.1 Å². The fourth-order valence-corrected chi connectivity index (χ4v) is 2.85. The summed E-state index contributed by atoms with van der Waals surface area (Å²) in [7, 11) is 0. The lowest BCUT2D eigenvalue weighted by Crippen LogP contribution is -2.39. The molecule has 1 aliphatic rings. The molecule has 1 saturated heterocycles. The Morgan fingerprint density at radius 2 is 1.86 bits per heavy atom. The summed E-state index contributed by atoms with van der Waals surface area (Å²) < 4.78 is 46.2. The van der Waals surface area contributed by atoms with Gasteiger partial charge in [0.25, 0.3) is 5.91 Å². The maximum Gasteiger partial charge on any atom is 0.573 e. The Hall–Kier alpha value is -2.45. The van der Waals surface area contributed by atoms with Gasteiger partial charge in [0, 0.05) is 24.7 Å². The van der Waals surface area contributed by atoms with E-state index in [1.165, 1.54) is 12.1 Å². The molecule has 9 heteroatoms. The summed E-state index contributed by atoms with van der Waals surface area (Å²) >= 11 is 0. The van der Waals surface area contributed by atoms with Crippen molar-refractivity contribution >= 4 is 12.0 Å². The highest BCUT2D eigenvalue weighted by molar-refractivity contribution is 5.94. The van der Waals surface area contributed by atoms with E-state index in [9.17, 15) is 22.8 Å². The second kappa shape index (κ2) is 8.70. The number of alkyl halides is 3. The number of amides is 2.